The van der Waals surface area contributed by atoms with E-state index in [0.717, 1.165) is 0 Å². The molecule has 13 heteroatoms. The number of hydrogen-bond acceptors (Lipinski definition) is 10. The fourth-order valence-corrected chi connectivity index (χ4v) is 4.57. The fourth-order valence-electron chi connectivity index (χ4n) is 3.07. The van der Waals surface area contributed by atoms with Crippen LogP contribution in [0.15, 0.2) is 44.4 Å². The van der Waals surface area contributed by atoms with Gasteiger partial charge in [-0.1, -0.05) is 37.4 Å². The van der Waals surface area contributed by atoms with Gasteiger partial charge in [-0.3, -0.25) is 9.59 Å². The van der Waals surface area contributed by atoms with Crippen LogP contribution in [0.1, 0.15) is 25.0 Å². The molecule has 0 atom stereocenters. The average molecular weight is 602 g/mol. The van der Waals surface area contributed by atoms with E-state index in [1.165, 1.54) is 29.6 Å². The van der Waals surface area contributed by atoms with Gasteiger partial charge in [-0.2, -0.15) is 9.97 Å². The summed E-state index contributed by atoms with van der Waals surface area (Å²) in [4.78, 5) is 60.0. The van der Waals surface area contributed by atoms with Gasteiger partial charge in [0, 0.05) is 6.07 Å². The summed E-state index contributed by atoms with van der Waals surface area (Å²) >= 11 is 4.47. The van der Waals surface area contributed by atoms with Crippen LogP contribution < -0.4 is 22.4 Å². The van der Waals surface area contributed by atoms with Gasteiger partial charge in [0.2, 0.25) is 11.4 Å². The molecule has 0 amide bonds. The molecule has 174 valence electrons. The minimum Gasteiger partial charge on any atom is -0.403 e. The molecular formula is C20H19IN4O6S2. The lowest BCUT2D eigenvalue weighted by Crippen LogP contribution is -2.17. The van der Waals surface area contributed by atoms with Crippen LogP contribution >= 0.6 is 46.1 Å². The number of nitrogens with zero attached hydrogens (tertiary/aromatic N) is 2. The van der Waals surface area contributed by atoms with Crippen LogP contribution in [0.4, 0.5) is 0 Å². The highest BCUT2D eigenvalue weighted by molar-refractivity contribution is 14.1. The summed E-state index contributed by atoms with van der Waals surface area (Å²) in [5.41, 5.74) is 0.117. The predicted molar refractivity (Wildman–Crippen MR) is 137 cm³/mol. The molecule has 0 aliphatic heterocycles. The van der Waals surface area contributed by atoms with E-state index in [0.29, 0.717) is 48.6 Å². The van der Waals surface area contributed by atoms with E-state index in [2.05, 4.69) is 19.9 Å². The van der Waals surface area contributed by atoms with E-state index in [1.54, 1.807) is 12.5 Å². The summed E-state index contributed by atoms with van der Waals surface area (Å²) in [6.07, 6.45) is 4.75. The van der Waals surface area contributed by atoms with Crippen LogP contribution in [0.3, 0.4) is 0 Å². The van der Waals surface area contributed by atoms with E-state index in [9.17, 15) is 19.2 Å². The van der Waals surface area contributed by atoms with Gasteiger partial charge in [0.05, 0.1) is 0 Å². The quantitative estimate of drug-likeness (QED) is 0.203. The first-order valence-electron chi connectivity index (χ1n) is 9.64. The van der Waals surface area contributed by atoms with Gasteiger partial charge in [-0.25, -0.2) is 9.59 Å². The largest absolute Gasteiger partial charge is 0.403 e. The highest BCUT2D eigenvalue weighted by atomic mass is 127. The number of thioether (sulfide) groups is 2. The van der Waals surface area contributed by atoms with Crippen molar-refractivity contribution < 1.29 is 8.83 Å². The Morgan fingerprint density at radius 3 is 1.94 bits per heavy atom. The molecule has 0 aromatic carbocycles. The molecule has 2 N–H and O–H groups in total. The standard InChI is InChI=1S/C10H9IN2O3S.C10H10N2O3S/c1-3-4-5-7(14)12-10(17-2)13-8(5)16-9(15)6(4)11;1-3-5-4-6(13)15-9-7(5)8(14)11-10(12-9)16-2/h3H2,1-2H3,(H,12,13,14);4H,3H2,1-2H3,(H,11,12,14). The second-order valence-electron chi connectivity index (χ2n) is 6.49. The van der Waals surface area contributed by atoms with Crippen LogP contribution in [0, 0.1) is 3.57 Å². The van der Waals surface area contributed by atoms with Crippen molar-refractivity contribution in [2.75, 3.05) is 12.5 Å². The van der Waals surface area contributed by atoms with Crippen molar-refractivity contribution in [3.63, 3.8) is 0 Å². The Hall–Kier alpha value is -2.39. The first-order chi connectivity index (χ1) is 15.7. The number of nitrogens with one attached hydrogen (secondary N) is 2. The number of fused-ring (bicyclic) bond motifs is 2. The number of rotatable bonds is 4. The molecule has 0 aliphatic rings. The Morgan fingerprint density at radius 1 is 0.879 bits per heavy atom. The van der Waals surface area contributed by atoms with Crippen LogP contribution in [0.2, 0.25) is 0 Å². The zero-order chi connectivity index (χ0) is 24.3. The topological polar surface area (TPSA) is 152 Å². The Labute approximate surface area is 208 Å². The number of halogens is 1. The first kappa shape index (κ1) is 25.2. The third kappa shape index (κ3) is 5.24. The molecule has 0 spiro atoms. The van der Waals surface area contributed by atoms with Gasteiger partial charge in [-0.15, -0.1) is 0 Å². The van der Waals surface area contributed by atoms with Crippen molar-refractivity contribution in [1.82, 2.24) is 19.9 Å². The van der Waals surface area contributed by atoms with E-state index in [-0.39, 0.29) is 22.5 Å². The SMILES string of the molecule is CCc1c(I)c(=O)oc2nc(SC)[nH]c(=O)c12.CCc1cc(=O)oc2nc(SC)[nH]c(=O)c12. The lowest BCUT2D eigenvalue weighted by molar-refractivity contribution is 0.536. The second-order valence-corrected chi connectivity index (χ2v) is 9.16. The normalized spacial score (nSPS) is 10.9. The number of aromatic amines is 2. The summed E-state index contributed by atoms with van der Waals surface area (Å²) in [5, 5.41) is 1.61. The van der Waals surface area contributed by atoms with Gasteiger partial charge < -0.3 is 18.8 Å². The lowest BCUT2D eigenvalue weighted by atomic mass is 10.1. The second kappa shape index (κ2) is 10.7. The van der Waals surface area contributed by atoms with E-state index in [1.807, 2.05) is 36.4 Å². The molecule has 4 heterocycles. The molecule has 0 saturated carbocycles. The van der Waals surface area contributed by atoms with Crippen molar-refractivity contribution in [1.29, 1.82) is 0 Å². The summed E-state index contributed by atoms with van der Waals surface area (Å²) in [6, 6.07) is 1.33. The molecule has 4 rings (SSSR count). The van der Waals surface area contributed by atoms with Crippen LogP contribution in [0.25, 0.3) is 22.2 Å². The van der Waals surface area contributed by atoms with Crippen molar-refractivity contribution in [3.05, 3.63) is 62.3 Å². The predicted octanol–water partition coefficient (Wildman–Crippen LogP) is 2.93. The fraction of sp³-hybridized carbons (Fsp3) is 0.300. The van der Waals surface area contributed by atoms with Crippen LogP contribution in [-0.4, -0.2) is 32.4 Å². The highest BCUT2D eigenvalue weighted by Gasteiger charge is 2.16. The zero-order valence-corrected chi connectivity index (χ0v) is 21.8. The number of aryl methyl sites for hydroxylation is 2. The van der Waals surface area contributed by atoms with Crippen molar-refractivity contribution in [2.45, 2.75) is 37.0 Å². The molecule has 33 heavy (non-hydrogen) atoms. The summed E-state index contributed by atoms with van der Waals surface area (Å²) in [7, 11) is 0. The van der Waals surface area contributed by atoms with Crippen molar-refractivity contribution in [3.8, 4) is 0 Å². The van der Waals surface area contributed by atoms with Crippen molar-refractivity contribution in [2.24, 2.45) is 0 Å². The monoisotopic (exact) mass is 602 g/mol. The molecule has 0 bridgehead atoms. The molecule has 0 aliphatic carbocycles. The summed E-state index contributed by atoms with van der Waals surface area (Å²) in [6.45, 7) is 3.76. The highest BCUT2D eigenvalue weighted by Crippen LogP contribution is 2.19. The lowest BCUT2D eigenvalue weighted by Gasteiger charge is -2.04. The molecule has 4 aromatic heterocycles. The van der Waals surface area contributed by atoms with E-state index < -0.39 is 11.3 Å². The van der Waals surface area contributed by atoms with Crippen molar-refractivity contribution >= 4 is 68.3 Å². The smallest absolute Gasteiger partial charge is 0.351 e. The molecule has 0 unspecified atom stereocenters. The Balaban J connectivity index is 0.000000186. The Morgan fingerprint density at radius 2 is 1.42 bits per heavy atom. The molecule has 4 aromatic rings. The Bertz CT molecular complexity index is 1570. The zero-order valence-electron chi connectivity index (χ0n) is 18.0. The van der Waals surface area contributed by atoms with E-state index in [4.69, 9.17) is 8.83 Å². The Kier molecular flexibility index (Phi) is 8.18. The third-order valence-electron chi connectivity index (χ3n) is 4.60. The first-order valence-corrected chi connectivity index (χ1v) is 13.2. The molecule has 0 saturated heterocycles. The molecule has 0 radical (unpaired) electrons. The van der Waals surface area contributed by atoms with Gasteiger partial charge in [0.15, 0.2) is 10.3 Å². The van der Waals surface area contributed by atoms with Gasteiger partial charge in [0.25, 0.3) is 11.1 Å². The van der Waals surface area contributed by atoms with Gasteiger partial charge in [-0.05, 0) is 59.1 Å². The average Bonchev–Trinajstić information content (AvgIpc) is 2.79. The minimum atomic E-state index is -0.477. The third-order valence-corrected chi connectivity index (χ3v) is 6.85. The number of aromatic nitrogens is 4. The molecule has 0 fully saturated rings. The maximum absolute atomic E-state index is 11.9. The number of H-pyrrole nitrogens is 2. The van der Waals surface area contributed by atoms with Gasteiger partial charge in [0.1, 0.15) is 14.3 Å². The summed E-state index contributed by atoms with van der Waals surface area (Å²) in [5.74, 6) is 0. The van der Waals surface area contributed by atoms with Crippen LogP contribution in [-0.2, 0) is 12.8 Å². The van der Waals surface area contributed by atoms with E-state index >= 15 is 0 Å². The summed E-state index contributed by atoms with van der Waals surface area (Å²) < 4.78 is 10.4. The number of hydrogen-bond donors (Lipinski definition) is 2. The van der Waals surface area contributed by atoms with Gasteiger partial charge >= 0.3 is 11.3 Å². The molecule has 10 nitrogen and oxygen atoms in total. The minimum absolute atomic E-state index is 0.109. The maximum Gasteiger partial charge on any atom is 0.351 e. The van der Waals surface area contributed by atoms with Crippen LogP contribution in [0.5, 0.6) is 0 Å². The maximum atomic E-state index is 11.9. The molecular weight excluding hydrogens is 583 g/mol.